The van der Waals surface area contributed by atoms with Crippen LogP contribution < -0.4 is 0 Å². The molecule has 1 fully saturated rings. The van der Waals surface area contributed by atoms with E-state index in [1.807, 2.05) is 0 Å². The van der Waals surface area contributed by atoms with Crippen LogP contribution in [-0.4, -0.2) is 51.7 Å². The molecule has 0 atom stereocenters. The van der Waals surface area contributed by atoms with Crippen molar-refractivity contribution in [2.24, 2.45) is 0 Å². The predicted molar refractivity (Wildman–Crippen MR) is 64.8 cm³/mol. The topological polar surface area (TPSA) is 83.1 Å². The molecular weight excluding hydrogens is 286 g/mol. The summed E-state index contributed by atoms with van der Waals surface area (Å²) in [4.78, 5) is 0. The molecule has 1 aliphatic heterocycles. The molecule has 1 aliphatic rings. The number of nitrogens with zero attached hydrogens (tertiary/aromatic N) is 2. The number of halogens is 1. The lowest BCUT2D eigenvalue weighted by molar-refractivity contribution is 0.436. The molecule has 1 aromatic rings. The number of aromatic amines is 1. The van der Waals surface area contributed by atoms with Gasteiger partial charge in [-0.05, 0) is 0 Å². The fourth-order valence-electron chi connectivity index (χ4n) is 1.61. The van der Waals surface area contributed by atoms with Crippen molar-refractivity contribution >= 4 is 32.4 Å². The Morgan fingerprint density at radius 2 is 2.12 bits per heavy atom. The van der Waals surface area contributed by atoms with Gasteiger partial charge in [-0.3, -0.25) is 9.31 Å². The lowest BCUT2D eigenvalue weighted by atomic mass is 10.4. The van der Waals surface area contributed by atoms with Gasteiger partial charge in [0.05, 0.1) is 12.1 Å². The van der Waals surface area contributed by atoms with Crippen molar-refractivity contribution in [1.29, 1.82) is 0 Å². The molecule has 6 nitrogen and oxygen atoms in total. The predicted octanol–water partition coefficient (Wildman–Crippen LogP) is -0.0985. The zero-order chi connectivity index (χ0) is 12.5. The third-order valence-corrected chi connectivity index (χ3v) is 6.03. The van der Waals surface area contributed by atoms with Gasteiger partial charge in [0.15, 0.2) is 5.03 Å². The summed E-state index contributed by atoms with van der Waals surface area (Å²) in [5.41, 5.74) is 0.457. The molecule has 1 saturated heterocycles. The highest BCUT2D eigenvalue weighted by Gasteiger charge is 2.31. The number of hydrogen-bond acceptors (Lipinski definition) is 4. The van der Waals surface area contributed by atoms with Gasteiger partial charge < -0.3 is 0 Å². The van der Waals surface area contributed by atoms with Gasteiger partial charge in [-0.25, -0.2) is 8.42 Å². The van der Waals surface area contributed by atoms with Gasteiger partial charge in [0, 0.05) is 41.0 Å². The maximum absolute atomic E-state index is 12.2. The fourth-order valence-corrected chi connectivity index (χ4v) is 4.72. The average Bonchev–Trinajstić information content (AvgIpc) is 2.78. The molecule has 0 bridgehead atoms. The van der Waals surface area contributed by atoms with E-state index in [0.717, 1.165) is 0 Å². The van der Waals surface area contributed by atoms with E-state index >= 15 is 0 Å². The van der Waals surface area contributed by atoms with Crippen LogP contribution in [0.3, 0.4) is 0 Å². The van der Waals surface area contributed by atoms with Crippen LogP contribution in [0.15, 0.2) is 11.2 Å². The van der Waals surface area contributed by atoms with Crippen LogP contribution in [0.5, 0.6) is 0 Å². The highest BCUT2D eigenvalue weighted by molar-refractivity contribution is 7.89. The summed E-state index contributed by atoms with van der Waals surface area (Å²) >= 11 is 5.65. The molecule has 2 rings (SSSR count). The summed E-state index contributed by atoms with van der Waals surface area (Å²) in [7, 11) is -4.50. The first kappa shape index (κ1) is 13.0. The summed E-state index contributed by atoms with van der Waals surface area (Å²) in [5, 5.41) is 6.20. The van der Waals surface area contributed by atoms with Crippen molar-refractivity contribution in [1.82, 2.24) is 14.5 Å². The van der Waals surface area contributed by atoms with Crippen molar-refractivity contribution in [3.63, 3.8) is 0 Å². The summed E-state index contributed by atoms with van der Waals surface area (Å²) in [5.74, 6) is 0.845. The van der Waals surface area contributed by atoms with Crippen molar-refractivity contribution in [3.05, 3.63) is 11.8 Å². The normalized spacial score (nSPS) is 19.6. The van der Waals surface area contributed by atoms with E-state index in [-0.39, 0.29) is 24.0 Å². The number of sulfonamides is 1. The quantitative estimate of drug-likeness (QED) is 0.790. The maximum atomic E-state index is 12.2. The van der Waals surface area contributed by atoms with Crippen LogP contribution >= 0.6 is 11.6 Å². The van der Waals surface area contributed by atoms with E-state index < -0.39 is 20.8 Å². The van der Waals surface area contributed by atoms with Crippen LogP contribution in [0.4, 0.5) is 0 Å². The molecule has 9 heteroatoms. The van der Waals surface area contributed by atoms with Crippen LogP contribution in [0, 0.1) is 0 Å². The Labute approximate surface area is 107 Å². The molecule has 1 N–H and O–H groups in total. The molecule has 0 saturated carbocycles. The monoisotopic (exact) mass is 297 g/mol. The van der Waals surface area contributed by atoms with Crippen molar-refractivity contribution in [2.45, 2.75) is 10.9 Å². The molecule has 0 amide bonds. The summed E-state index contributed by atoms with van der Waals surface area (Å²) in [6, 6.07) is 0. The number of rotatable bonds is 3. The SMILES string of the molecule is O=S1CCN(S(=O)(=O)c2[nH]ncc2CCl)CC1. The van der Waals surface area contributed by atoms with Crippen molar-refractivity contribution in [3.8, 4) is 0 Å². The lowest BCUT2D eigenvalue weighted by Gasteiger charge is -2.25. The van der Waals surface area contributed by atoms with Crippen LogP contribution in [0.25, 0.3) is 0 Å². The largest absolute Gasteiger partial charge is 0.266 e. The number of nitrogens with one attached hydrogen (secondary N) is 1. The highest BCUT2D eigenvalue weighted by Crippen LogP contribution is 2.20. The third-order valence-electron chi connectivity index (χ3n) is 2.56. The minimum absolute atomic E-state index is 0.0418. The molecule has 96 valence electrons. The van der Waals surface area contributed by atoms with Gasteiger partial charge in [-0.15, -0.1) is 11.6 Å². The molecule has 0 radical (unpaired) electrons. The van der Waals surface area contributed by atoms with Gasteiger partial charge in [0.1, 0.15) is 0 Å². The Kier molecular flexibility index (Phi) is 3.86. The minimum atomic E-state index is -3.59. The zero-order valence-corrected chi connectivity index (χ0v) is 11.3. The Bertz CT molecular complexity index is 518. The first-order chi connectivity index (χ1) is 8.05. The Balaban J connectivity index is 2.27. The summed E-state index contributed by atoms with van der Waals surface area (Å²) in [6.45, 7) is 0.547. The second-order valence-corrected chi connectivity index (χ2v) is 7.45. The third kappa shape index (κ3) is 2.54. The second-order valence-electron chi connectivity index (χ2n) is 3.61. The van der Waals surface area contributed by atoms with E-state index in [4.69, 9.17) is 11.6 Å². The van der Waals surface area contributed by atoms with E-state index in [1.165, 1.54) is 10.5 Å². The van der Waals surface area contributed by atoms with Gasteiger partial charge in [0.25, 0.3) is 10.0 Å². The Morgan fingerprint density at radius 3 is 2.71 bits per heavy atom. The van der Waals surface area contributed by atoms with E-state index in [0.29, 0.717) is 17.1 Å². The fraction of sp³-hybridized carbons (Fsp3) is 0.625. The van der Waals surface area contributed by atoms with Crippen LogP contribution in [-0.2, 0) is 26.7 Å². The van der Waals surface area contributed by atoms with Gasteiger partial charge >= 0.3 is 0 Å². The molecule has 0 spiro atoms. The van der Waals surface area contributed by atoms with Crippen molar-refractivity contribution < 1.29 is 12.6 Å². The summed E-state index contributed by atoms with van der Waals surface area (Å²) < 4.78 is 37.0. The standard InChI is InChI=1S/C8H12ClN3O3S2/c9-5-7-6-10-11-8(7)17(14,15)12-1-3-16(13)4-2-12/h6H,1-5H2,(H,10,11). The van der Waals surface area contributed by atoms with Gasteiger partial charge in [-0.1, -0.05) is 0 Å². The molecule has 1 aromatic heterocycles. The van der Waals surface area contributed by atoms with E-state index in [1.54, 1.807) is 0 Å². The summed E-state index contributed by atoms with van der Waals surface area (Å²) in [6.07, 6.45) is 1.40. The molecule has 0 unspecified atom stereocenters. The average molecular weight is 298 g/mol. The second kappa shape index (κ2) is 5.05. The molecular formula is C8H12ClN3O3S2. The van der Waals surface area contributed by atoms with Crippen LogP contribution in [0.1, 0.15) is 5.56 Å². The maximum Gasteiger partial charge on any atom is 0.260 e. The lowest BCUT2D eigenvalue weighted by Crippen LogP contribution is -2.42. The minimum Gasteiger partial charge on any atom is -0.266 e. The number of alkyl halides is 1. The van der Waals surface area contributed by atoms with E-state index in [2.05, 4.69) is 10.2 Å². The number of hydrogen-bond donors (Lipinski definition) is 1. The number of aromatic nitrogens is 2. The molecule has 17 heavy (non-hydrogen) atoms. The molecule has 0 aromatic carbocycles. The van der Waals surface area contributed by atoms with Crippen LogP contribution in [0.2, 0.25) is 0 Å². The highest BCUT2D eigenvalue weighted by atomic mass is 35.5. The zero-order valence-electron chi connectivity index (χ0n) is 8.93. The smallest absolute Gasteiger partial charge is 0.260 e. The van der Waals surface area contributed by atoms with Gasteiger partial charge in [0.2, 0.25) is 0 Å². The van der Waals surface area contributed by atoms with Crippen molar-refractivity contribution in [2.75, 3.05) is 24.6 Å². The van der Waals surface area contributed by atoms with E-state index in [9.17, 15) is 12.6 Å². The Morgan fingerprint density at radius 1 is 1.47 bits per heavy atom. The first-order valence-corrected chi connectivity index (χ1v) is 8.45. The first-order valence-electron chi connectivity index (χ1n) is 4.99. The number of H-pyrrole nitrogens is 1. The van der Waals surface area contributed by atoms with Gasteiger partial charge in [-0.2, -0.15) is 9.40 Å². The Hall–Kier alpha value is -0.440. The molecule has 0 aliphatic carbocycles. The molecule has 2 heterocycles.